The molecule has 2 amide bonds. The number of amides is 2. The fourth-order valence-corrected chi connectivity index (χ4v) is 3.02. The van der Waals surface area contributed by atoms with E-state index in [0.717, 1.165) is 29.5 Å². The van der Waals surface area contributed by atoms with Gasteiger partial charge in [0.15, 0.2) is 0 Å². The first-order valence-electron chi connectivity index (χ1n) is 9.27. The molecule has 0 aliphatic rings. The highest BCUT2D eigenvalue weighted by molar-refractivity contribution is 8.00. The SMILES string of the molecule is CCCOc1ccc(C(F)(F)F)cc1NC(=O)CSCC(=O)Nc1ccc(C)cc1. The van der Waals surface area contributed by atoms with Crippen LogP contribution in [0.4, 0.5) is 24.5 Å². The third-order valence-electron chi connectivity index (χ3n) is 3.84. The summed E-state index contributed by atoms with van der Waals surface area (Å²) in [4.78, 5) is 24.1. The number of halogens is 3. The molecule has 0 saturated heterocycles. The van der Waals surface area contributed by atoms with Gasteiger partial charge in [-0.05, 0) is 43.7 Å². The summed E-state index contributed by atoms with van der Waals surface area (Å²) in [6.07, 6.45) is -3.87. The number of hydrogen-bond acceptors (Lipinski definition) is 4. The minimum absolute atomic E-state index is 0.0308. The summed E-state index contributed by atoms with van der Waals surface area (Å²) in [6.45, 7) is 4.10. The molecule has 2 aromatic carbocycles. The first-order chi connectivity index (χ1) is 14.2. The Morgan fingerprint density at radius 1 is 1.00 bits per heavy atom. The van der Waals surface area contributed by atoms with Crippen LogP contribution < -0.4 is 15.4 Å². The van der Waals surface area contributed by atoms with Gasteiger partial charge < -0.3 is 15.4 Å². The van der Waals surface area contributed by atoms with Crippen molar-refractivity contribution in [2.45, 2.75) is 26.4 Å². The van der Waals surface area contributed by atoms with Crippen molar-refractivity contribution in [3.63, 3.8) is 0 Å². The van der Waals surface area contributed by atoms with Crippen molar-refractivity contribution in [3.8, 4) is 5.75 Å². The lowest BCUT2D eigenvalue weighted by atomic mass is 10.1. The lowest BCUT2D eigenvalue weighted by molar-refractivity contribution is -0.137. The van der Waals surface area contributed by atoms with Crippen LogP contribution in [0.5, 0.6) is 5.75 Å². The number of thioether (sulfide) groups is 1. The number of benzene rings is 2. The van der Waals surface area contributed by atoms with E-state index in [-0.39, 0.29) is 28.8 Å². The quantitative estimate of drug-likeness (QED) is 0.569. The average Bonchev–Trinajstić information content (AvgIpc) is 2.68. The van der Waals surface area contributed by atoms with Gasteiger partial charge in [0, 0.05) is 5.69 Å². The molecule has 0 aromatic heterocycles. The van der Waals surface area contributed by atoms with Gasteiger partial charge in [0.2, 0.25) is 11.8 Å². The summed E-state index contributed by atoms with van der Waals surface area (Å²) < 4.78 is 44.4. The second-order valence-corrected chi connectivity index (χ2v) is 7.50. The third-order valence-corrected chi connectivity index (χ3v) is 4.78. The number of alkyl halides is 3. The minimum atomic E-state index is -4.54. The Morgan fingerprint density at radius 3 is 2.23 bits per heavy atom. The zero-order valence-corrected chi connectivity index (χ0v) is 17.5. The molecule has 2 rings (SSSR count). The van der Waals surface area contributed by atoms with Crippen LogP contribution in [0.1, 0.15) is 24.5 Å². The molecule has 0 aliphatic carbocycles. The van der Waals surface area contributed by atoms with Crippen LogP contribution in [-0.2, 0) is 15.8 Å². The molecule has 0 heterocycles. The zero-order chi connectivity index (χ0) is 22.1. The predicted octanol–water partition coefficient (Wildman–Crippen LogP) is 5.11. The molecule has 0 radical (unpaired) electrons. The number of aryl methyl sites for hydroxylation is 1. The average molecular weight is 440 g/mol. The number of nitrogens with one attached hydrogen (secondary N) is 2. The highest BCUT2D eigenvalue weighted by atomic mass is 32.2. The van der Waals surface area contributed by atoms with E-state index in [9.17, 15) is 22.8 Å². The summed E-state index contributed by atoms with van der Waals surface area (Å²) in [7, 11) is 0. The maximum absolute atomic E-state index is 13.0. The predicted molar refractivity (Wildman–Crippen MR) is 113 cm³/mol. The minimum Gasteiger partial charge on any atom is -0.491 e. The van der Waals surface area contributed by atoms with Crippen LogP contribution in [0.25, 0.3) is 0 Å². The highest BCUT2D eigenvalue weighted by Crippen LogP contribution is 2.35. The van der Waals surface area contributed by atoms with E-state index >= 15 is 0 Å². The summed E-state index contributed by atoms with van der Waals surface area (Å²) in [6, 6.07) is 10.2. The fourth-order valence-electron chi connectivity index (χ4n) is 2.40. The monoisotopic (exact) mass is 440 g/mol. The van der Waals surface area contributed by atoms with Gasteiger partial charge in [-0.2, -0.15) is 13.2 Å². The van der Waals surface area contributed by atoms with E-state index < -0.39 is 17.6 Å². The van der Waals surface area contributed by atoms with Crippen LogP contribution in [0.15, 0.2) is 42.5 Å². The lowest BCUT2D eigenvalue weighted by Gasteiger charge is -2.15. The number of carbonyl (C=O) groups is 2. The van der Waals surface area contributed by atoms with Crippen LogP contribution in [-0.4, -0.2) is 29.9 Å². The summed E-state index contributed by atoms with van der Waals surface area (Å²) in [5.41, 5.74) is 0.785. The van der Waals surface area contributed by atoms with Crippen molar-refractivity contribution in [2.24, 2.45) is 0 Å². The summed E-state index contributed by atoms with van der Waals surface area (Å²) >= 11 is 1.06. The highest BCUT2D eigenvalue weighted by Gasteiger charge is 2.31. The first kappa shape index (κ1) is 23.6. The van der Waals surface area contributed by atoms with Gasteiger partial charge >= 0.3 is 6.18 Å². The molecule has 0 spiro atoms. The van der Waals surface area contributed by atoms with Gasteiger partial charge in [0.25, 0.3) is 0 Å². The van der Waals surface area contributed by atoms with E-state index in [4.69, 9.17) is 4.74 Å². The number of ether oxygens (including phenoxy) is 1. The van der Waals surface area contributed by atoms with Crippen molar-refractivity contribution < 1.29 is 27.5 Å². The normalized spacial score (nSPS) is 11.1. The molecule has 0 fully saturated rings. The zero-order valence-electron chi connectivity index (χ0n) is 16.6. The molecule has 2 N–H and O–H groups in total. The number of rotatable bonds is 9. The topological polar surface area (TPSA) is 67.4 Å². The lowest BCUT2D eigenvalue weighted by Crippen LogP contribution is -2.19. The maximum atomic E-state index is 13.0. The molecule has 30 heavy (non-hydrogen) atoms. The number of hydrogen-bond donors (Lipinski definition) is 2. The Bertz CT molecular complexity index is 871. The molecule has 9 heteroatoms. The van der Waals surface area contributed by atoms with Gasteiger partial charge in [-0.25, -0.2) is 0 Å². The smallest absolute Gasteiger partial charge is 0.416 e. The molecule has 0 saturated carbocycles. The van der Waals surface area contributed by atoms with Crippen LogP contribution >= 0.6 is 11.8 Å². The number of carbonyl (C=O) groups excluding carboxylic acids is 2. The van der Waals surface area contributed by atoms with E-state index in [2.05, 4.69) is 10.6 Å². The van der Waals surface area contributed by atoms with Gasteiger partial charge in [-0.1, -0.05) is 24.6 Å². The van der Waals surface area contributed by atoms with Gasteiger partial charge in [0.05, 0.1) is 29.4 Å². The molecular weight excluding hydrogens is 417 g/mol. The van der Waals surface area contributed by atoms with Crippen LogP contribution in [0, 0.1) is 6.92 Å². The Labute approximate surface area is 177 Å². The summed E-state index contributed by atoms with van der Waals surface area (Å²) in [5.74, 6) is -0.694. The molecule has 2 aromatic rings. The molecule has 5 nitrogen and oxygen atoms in total. The Morgan fingerprint density at radius 2 is 1.63 bits per heavy atom. The van der Waals surface area contributed by atoms with Gasteiger partial charge in [-0.3, -0.25) is 9.59 Å². The van der Waals surface area contributed by atoms with Gasteiger partial charge in [0.1, 0.15) is 5.75 Å². The maximum Gasteiger partial charge on any atom is 0.416 e. The largest absolute Gasteiger partial charge is 0.491 e. The van der Waals surface area contributed by atoms with Crippen molar-refractivity contribution in [1.29, 1.82) is 0 Å². The van der Waals surface area contributed by atoms with Crippen molar-refractivity contribution in [3.05, 3.63) is 53.6 Å². The van der Waals surface area contributed by atoms with Crippen molar-refractivity contribution in [2.75, 3.05) is 28.7 Å². The van der Waals surface area contributed by atoms with Gasteiger partial charge in [-0.15, -0.1) is 11.8 Å². The van der Waals surface area contributed by atoms with Crippen molar-refractivity contribution in [1.82, 2.24) is 0 Å². The molecule has 162 valence electrons. The molecule has 0 unspecified atom stereocenters. The second-order valence-electron chi connectivity index (χ2n) is 6.51. The van der Waals surface area contributed by atoms with Crippen LogP contribution in [0.3, 0.4) is 0 Å². The Balaban J connectivity index is 1.91. The molecule has 0 atom stereocenters. The Kier molecular flexibility index (Phi) is 8.58. The fraction of sp³-hybridized carbons (Fsp3) is 0.333. The second kappa shape index (κ2) is 10.9. The molecule has 0 bridgehead atoms. The molecule has 0 aliphatic heterocycles. The van der Waals surface area contributed by atoms with E-state index in [0.29, 0.717) is 18.7 Å². The van der Waals surface area contributed by atoms with E-state index in [1.807, 2.05) is 26.0 Å². The van der Waals surface area contributed by atoms with Crippen molar-refractivity contribution >= 4 is 35.0 Å². The molecular formula is C21H23F3N2O3S. The number of anilines is 2. The Hall–Kier alpha value is -2.68. The van der Waals surface area contributed by atoms with E-state index in [1.165, 1.54) is 6.07 Å². The van der Waals surface area contributed by atoms with Crippen LogP contribution in [0.2, 0.25) is 0 Å². The third kappa shape index (κ3) is 7.62. The van der Waals surface area contributed by atoms with E-state index in [1.54, 1.807) is 12.1 Å². The summed E-state index contributed by atoms with van der Waals surface area (Å²) in [5, 5.41) is 5.16. The standard InChI is InChI=1S/C21H23F3N2O3S/c1-3-10-29-18-9-6-15(21(22,23)24)11-17(18)26-20(28)13-30-12-19(27)25-16-7-4-14(2)5-8-16/h4-9,11H,3,10,12-13H2,1-2H3,(H,25,27)(H,26,28). The first-order valence-corrected chi connectivity index (χ1v) is 10.4.